The van der Waals surface area contributed by atoms with Gasteiger partial charge in [-0.25, -0.2) is 9.36 Å². The number of nitrogens with one attached hydrogen (secondary N) is 1. The Morgan fingerprint density at radius 1 is 0.974 bits per heavy atom. The van der Waals surface area contributed by atoms with Gasteiger partial charge in [-0.05, 0) is 48.5 Å². The van der Waals surface area contributed by atoms with Crippen LogP contribution in [0.5, 0.6) is 11.6 Å². The molecule has 0 fully saturated rings. The number of aromatic amines is 1. The number of amides is 2. The van der Waals surface area contributed by atoms with E-state index in [4.69, 9.17) is 16.3 Å². The number of hydrogen-bond acceptors (Lipinski definition) is 7. The van der Waals surface area contributed by atoms with Crippen LogP contribution in [0.4, 0.5) is 5.69 Å². The van der Waals surface area contributed by atoms with Gasteiger partial charge in [-0.1, -0.05) is 29.8 Å². The predicted molar refractivity (Wildman–Crippen MR) is 140 cm³/mol. The molecule has 1 aliphatic heterocycles. The molecule has 4 aromatic rings. The maximum Gasteiger partial charge on any atom is 0.335 e. The molecule has 5 rings (SSSR count). The molecular weight excluding hydrogens is 512 g/mol. The van der Waals surface area contributed by atoms with Gasteiger partial charge in [0.05, 0.1) is 36.2 Å². The maximum atomic E-state index is 12.8. The highest BCUT2D eigenvalue weighted by atomic mass is 35.5. The minimum Gasteiger partial charge on any atom is -0.496 e. The summed E-state index contributed by atoms with van der Waals surface area (Å²) in [5, 5.41) is 11.1. The molecule has 2 N–H and O–H groups in total. The number of ether oxygens (including phenoxy) is 1. The van der Waals surface area contributed by atoms with Crippen LogP contribution in [0.2, 0.25) is 5.02 Å². The number of fused-ring (bicyclic) bond motifs is 1. The van der Waals surface area contributed by atoms with Gasteiger partial charge in [0.25, 0.3) is 17.4 Å². The minimum atomic E-state index is -0.848. The molecule has 3 aromatic carbocycles. The summed E-state index contributed by atoms with van der Waals surface area (Å²) in [5.41, 5.74) is -0.199. The smallest absolute Gasteiger partial charge is 0.335 e. The number of carbonyl (C=O) groups is 2. The fraction of sp³-hybridized carbons (Fsp3) is 0.0741. The Balaban J connectivity index is 1.49. The Morgan fingerprint density at radius 2 is 1.68 bits per heavy atom. The van der Waals surface area contributed by atoms with Gasteiger partial charge in [0.2, 0.25) is 5.88 Å². The molecule has 0 unspecified atom stereocenters. The zero-order valence-corrected chi connectivity index (χ0v) is 20.6. The molecule has 0 saturated heterocycles. The van der Waals surface area contributed by atoms with Crippen LogP contribution in [0, 0.1) is 0 Å². The molecule has 10 nitrogen and oxygen atoms in total. The van der Waals surface area contributed by atoms with Crippen molar-refractivity contribution in [3.63, 3.8) is 0 Å². The first-order valence-electron chi connectivity index (χ1n) is 11.3. The second-order valence-corrected chi connectivity index (χ2v) is 8.74. The maximum absolute atomic E-state index is 12.8. The molecule has 0 spiro atoms. The zero-order valence-electron chi connectivity index (χ0n) is 19.8. The van der Waals surface area contributed by atoms with Crippen molar-refractivity contribution < 1.29 is 19.4 Å². The van der Waals surface area contributed by atoms with Crippen LogP contribution in [0.15, 0.2) is 81.3 Å². The summed E-state index contributed by atoms with van der Waals surface area (Å²) in [7, 11) is 1.46. The van der Waals surface area contributed by atoms with Crippen LogP contribution in [0.25, 0.3) is 5.69 Å². The van der Waals surface area contributed by atoms with E-state index < -0.39 is 28.9 Å². The number of benzene rings is 3. The monoisotopic (exact) mass is 530 g/mol. The number of methoxy groups -OCH3 is 1. The molecular formula is C27H19ClN4O6. The minimum absolute atomic E-state index is 0.0651. The molecule has 1 aromatic heterocycles. The predicted octanol–water partition coefficient (Wildman–Crippen LogP) is 3.44. The topological polar surface area (TPSA) is 134 Å². The third-order valence-electron chi connectivity index (χ3n) is 6.00. The van der Waals surface area contributed by atoms with Crippen molar-refractivity contribution in [2.75, 3.05) is 7.11 Å². The number of aromatic hydroxyl groups is 1. The van der Waals surface area contributed by atoms with Crippen molar-refractivity contribution in [3.8, 4) is 17.3 Å². The van der Waals surface area contributed by atoms with Gasteiger partial charge in [-0.2, -0.15) is 0 Å². The van der Waals surface area contributed by atoms with Gasteiger partial charge < -0.3 is 9.84 Å². The normalized spacial score (nSPS) is 12.8. The van der Waals surface area contributed by atoms with E-state index in [1.165, 1.54) is 13.2 Å². The highest BCUT2D eigenvalue weighted by molar-refractivity contribution is 6.30. The van der Waals surface area contributed by atoms with Crippen LogP contribution >= 0.6 is 11.6 Å². The van der Waals surface area contributed by atoms with Gasteiger partial charge in [-0.3, -0.25) is 29.3 Å². The summed E-state index contributed by atoms with van der Waals surface area (Å²) in [5.74, 6) is -1.03. The SMILES string of the molecule is COc1ccc(N=Cc2c(O)n(-c3cccc(Cl)c3)c(=O)[nH]c2=O)cc1CN1C(=O)c2ccccc2C1=O. The standard InChI is InChI=1S/C27H19ClN4O6/c1-38-22-10-9-17(11-15(22)14-31-24(34)19-7-2-3-8-20(19)25(31)35)29-13-21-23(33)30-27(37)32(26(21)36)18-6-4-5-16(28)12-18/h2-13,36H,14H2,1H3,(H,30,33,37). The summed E-state index contributed by atoms with van der Waals surface area (Å²) >= 11 is 6.01. The van der Waals surface area contributed by atoms with E-state index in [2.05, 4.69) is 9.98 Å². The van der Waals surface area contributed by atoms with Gasteiger partial charge in [0, 0.05) is 16.8 Å². The van der Waals surface area contributed by atoms with Crippen molar-refractivity contribution in [2.45, 2.75) is 6.54 Å². The van der Waals surface area contributed by atoms with Gasteiger partial charge in [0.15, 0.2) is 0 Å². The van der Waals surface area contributed by atoms with Gasteiger partial charge >= 0.3 is 5.69 Å². The summed E-state index contributed by atoms with van der Waals surface area (Å²) in [4.78, 5) is 58.0. The number of carbonyl (C=O) groups excluding carboxylic acids is 2. The summed E-state index contributed by atoms with van der Waals surface area (Å²) in [6, 6.07) is 17.6. The van der Waals surface area contributed by atoms with E-state index in [1.807, 2.05) is 0 Å². The molecule has 0 radical (unpaired) electrons. The number of hydrogen-bond donors (Lipinski definition) is 2. The second kappa shape index (κ2) is 9.83. The number of nitrogens with zero attached hydrogens (tertiary/aromatic N) is 3. The van der Waals surface area contributed by atoms with Crippen LogP contribution in [0.3, 0.4) is 0 Å². The molecule has 0 aliphatic carbocycles. The Hall–Kier alpha value is -4.96. The molecule has 1 aliphatic rings. The van der Waals surface area contributed by atoms with E-state index in [0.717, 1.165) is 15.7 Å². The molecule has 0 saturated carbocycles. The molecule has 2 heterocycles. The first kappa shape index (κ1) is 24.7. The van der Waals surface area contributed by atoms with Crippen molar-refractivity contribution in [2.24, 2.45) is 4.99 Å². The fourth-order valence-electron chi connectivity index (χ4n) is 4.17. The van der Waals surface area contributed by atoms with E-state index in [9.17, 15) is 24.3 Å². The van der Waals surface area contributed by atoms with Gasteiger partial charge in [0.1, 0.15) is 11.3 Å². The average Bonchev–Trinajstić information content (AvgIpc) is 3.13. The average molecular weight is 531 g/mol. The van der Waals surface area contributed by atoms with Crippen molar-refractivity contribution >= 4 is 35.3 Å². The van der Waals surface area contributed by atoms with E-state index in [1.54, 1.807) is 60.7 Å². The van der Waals surface area contributed by atoms with E-state index in [-0.39, 0.29) is 17.8 Å². The van der Waals surface area contributed by atoms with Crippen LogP contribution in [-0.4, -0.2) is 44.7 Å². The Morgan fingerprint density at radius 3 is 2.34 bits per heavy atom. The van der Waals surface area contributed by atoms with Crippen LogP contribution in [0.1, 0.15) is 31.8 Å². The van der Waals surface area contributed by atoms with E-state index >= 15 is 0 Å². The van der Waals surface area contributed by atoms with Crippen molar-refractivity contribution in [3.05, 3.63) is 115 Å². The number of H-pyrrole nitrogens is 1. The fourth-order valence-corrected chi connectivity index (χ4v) is 4.36. The van der Waals surface area contributed by atoms with E-state index in [0.29, 0.717) is 33.1 Å². The van der Waals surface area contributed by atoms with Crippen LogP contribution < -0.4 is 16.0 Å². The molecule has 11 heteroatoms. The zero-order chi connectivity index (χ0) is 27.0. The first-order valence-corrected chi connectivity index (χ1v) is 11.7. The molecule has 38 heavy (non-hydrogen) atoms. The summed E-state index contributed by atoms with van der Waals surface area (Å²) < 4.78 is 6.30. The third kappa shape index (κ3) is 4.37. The second-order valence-electron chi connectivity index (χ2n) is 8.31. The Labute approximate surface area is 220 Å². The highest BCUT2D eigenvalue weighted by Gasteiger charge is 2.35. The number of halogens is 1. The lowest BCUT2D eigenvalue weighted by molar-refractivity contribution is 0.0641. The lowest BCUT2D eigenvalue weighted by Crippen LogP contribution is -2.31. The summed E-state index contributed by atoms with van der Waals surface area (Å²) in [6.07, 6.45) is 1.11. The van der Waals surface area contributed by atoms with Crippen molar-refractivity contribution in [1.29, 1.82) is 0 Å². The van der Waals surface area contributed by atoms with Crippen molar-refractivity contribution in [1.82, 2.24) is 14.5 Å². The molecule has 2 amide bonds. The highest BCUT2D eigenvalue weighted by Crippen LogP contribution is 2.30. The Kier molecular flexibility index (Phi) is 6.39. The number of aliphatic imine (C=N–C) groups is 1. The largest absolute Gasteiger partial charge is 0.496 e. The lowest BCUT2D eigenvalue weighted by atomic mass is 10.1. The van der Waals surface area contributed by atoms with Gasteiger partial charge in [-0.15, -0.1) is 0 Å². The lowest BCUT2D eigenvalue weighted by Gasteiger charge is -2.16. The first-order chi connectivity index (χ1) is 18.3. The quantitative estimate of drug-likeness (QED) is 0.290. The molecule has 190 valence electrons. The summed E-state index contributed by atoms with van der Waals surface area (Å²) in [6.45, 7) is -0.0651. The third-order valence-corrected chi connectivity index (χ3v) is 6.24. The Bertz CT molecular complexity index is 1720. The number of imide groups is 1. The molecule has 0 atom stereocenters. The number of aromatic nitrogens is 2. The molecule has 0 bridgehead atoms. The number of rotatable bonds is 6. The van der Waals surface area contributed by atoms with Crippen LogP contribution in [-0.2, 0) is 6.54 Å².